The lowest BCUT2D eigenvalue weighted by Crippen LogP contribution is -2.36. The van der Waals surface area contributed by atoms with Crippen molar-refractivity contribution in [3.63, 3.8) is 0 Å². The minimum Gasteiger partial charge on any atom is -0.322 e. The van der Waals surface area contributed by atoms with Crippen LogP contribution in [0.1, 0.15) is 80.2 Å². The molecular weight excluding hydrogens is 448 g/mol. The molecule has 7 heteroatoms. The Morgan fingerprint density at radius 1 is 1.00 bits per heavy atom. The van der Waals surface area contributed by atoms with Gasteiger partial charge in [0.1, 0.15) is 0 Å². The predicted molar refractivity (Wildman–Crippen MR) is 145 cm³/mol. The third-order valence-electron chi connectivity index (χ3n) is 7.47. The van der Waals surface area contributed by atoms with Crippen LogP contribution in [0.3, 0.4) is 0 Å². The summed E-state index contributed by atoms with van der Waals surface area (Å²) in [5.41, 5.74) is 6.15. The summed E-state index contributed by atoms with van der Waals surface area (Å²) >= 11 is 0. The number of pyridine rings is 1. The molecule has 1 atom stereocenters. The maximum Gasteiger partial charge on any atom is 0.252 e. The van der Waals surface area contributed by atoms with E-state index in [2.05, 4.69) is 110 Å². The number of tetrazole rings is 1. The number of benzene rings is 2. The maximum atomic E-state index is 13.2. The Labute approximate surface area is 213 Å². The maximum absolute atomic E-state index is 13.2. The molecule has 1 N–H and O–H groups in total. The van der Waals surface area contributed by atoms with Gasteiger partial charge in [-0.05, 0) is 98.2 Å². The Morgan fingerprint density at radius 2 is 1.69 bits per heavy atom. The van der Waals surface area contributed by atoms with Crippen LogP contribution in [0.4, 0.5) is 0 Å². The second-order valence-electron chi connectivity index (χ2n) is 10.6. The first-order valence-electron chi connectivity index (χ1n) is 12.8. The van der Waals surface area contributed by atoms with Crippen LogP contribution in [0.25, 0.3) is 10.9 Å². The highest BCUT2D eigenvalue weighted by Gasteiger charge is 2.31. The Bertz CT molecular complexity index is 1400. The summed E-state index contributed by atoms with van der Waals surface area (Å²) in [6, 6.07) is 14.8. The molecule has 0 aliphatic rings. The molecule has 2 aromatic carbocycles. The van der Waals surface area contributed by atoms with Gasteiger partial charge < -0.3 is 4.98 Å². The SMILES string of the molecule is CCC(c1nnnn1C(C)(C)CC)N(Cc1ccc(C)cc1)Cc1cc2cc(C)c(C)cc2[nH]c1=O. The molecule has 0 aliphatic carbocycles. The van der Waals surface area contributed by atoms with Crippen molar-refractivity contribution in [1.29, 1.82) is 0 Å². The summed E-state index contributed by atoms with van der Waals surface area (Å²) in [7, 11) is 0. The zero-order valence-corrected chi connectivity index (χ0v) is 22.6. The van der Waals surface area contributed by atoms with Crippen LogP contribution in [-0.4, -0.2) is 30.1 Å². The van der Waals surface area contributed by atoms with Crippen molar-refractivity contribution < 1.29 is 0 Å². The lowest BCUT2D eigenvalue weighted by atomic mass is 10.0. The van der Waals surface area contributed by atoms with E-state index >= 15 is 0 Å². The van der Waals surface area contributed by atoms with Crippen LogP contribution in [0.5, 0.6) is 0 Å². The molecule has 2 aromatic heterocycles. The van der Waals surface area contributed by atoms with Gasteiger partial charge in [0.05, 0.1) is 11.6 Å². The minimum atomic E-state index is -0.211. The molecule has 0 saturated carbocycles. The topological polar surface area (TPSA) is 79.7 Å². The fourth-order valence-corrected chi connectivity index (χ4v) is 4.65. The van der Waals surface area contributed by atoms with E-state index in [1.54, 1.807) is 0 Å². The summed E-state index contributed by atoms with van der Waals surface area (Å²) < 4.78 is 1.96. The Morgan fingerprint density at radius 3 is 2.36 bits per heavy atom. The average Bonchev–Trinajstić information content (AvgIpc) is 3.33. The number of aryl methyl sites for hydroxylation is 3. The highest BCUT2D eigenvalue weighted by Crippen LogP contribution is 2.30. The van der Waals surface area contributed by atoms with Gasteiger partial charge in [0.2, 0.25) is 0 Å². The molecule has 4 aromatic rings. The fraction of sp³-hybridized carbons (Fsp3) is 0.448. The standard InChI is InChI=1S/C29H38N6O/c1-8-26(27-31-32-33-35(27)29(6,7)9-2)34(17-22-12-10-19(3)11-13-22)18-24-16-23-14-20(4)21(5)15-25(23)30-28(24)36/h10-16,26H,8-9,17-18H2,1-7H3,(H,30,36). The van der Waals surface area contributed by atoms with Crippen molar-refractivity contribution in [1.82, 2.24) is 30.1 Å². The van der Waals surface area contributed by atoms with Crippen LogP contribution >= 0.6 is 0 Å². The first-order valence-corrected chi connectivity index (χ1v) is 12.8. The zero-order valence-electron chi connectivity index (χ0n) is 22.6. The number of H-pyrrole nitrogens is 1. The van der Waals surface area contributed by atoms with Gasteiger partial charge in [0.25, 0.3) is 5.56 Å². The van der Waals surface area contributed by atoms with Gasteiger partial charge in [-0.3, -0.25) is 9.69 Å². The number of rotatable bonds is 9. The molecule has 0 bridgehead atoms. The van der Waals surface area contributed by atoms with E-state index < -0.39 is 0 Å². The number of hydrogen-bond acceptors (Lipinski definition) is 5. The van der Waals surface area contributed by atoms with E-state index in [-0.39, 0.29) is 17.1 Å². The van der Waals surface area contributed by atoms with Gasteiger partial charge in [-0.2, -0.15) is 0 Å². The molecule has 36 heavy (non-hydrogen) atoms. The van der Waals surface area contributed by atoms with Crippen LogP contribution in [0.15, 0.2) is 47.3 Å². The van der Waals surface area contributed by atoms with Crippen molar-refractivity contribution >= 4 is 10.9 Å². The second kappa shape index (κ2) is 10.3. The zero-order chi connectivity index (χ0) is 26.0. The highest BCUT2D eigenvalue weighted by molar-refractivity contribution is 5.80. The number of fused-ring (bicyclic) bond motifs is 1. The van der Waals surface area contributed by atoms with Crippen LogP contribution in [0.2, 0.25) is 0 Å². The third-order valence-corrected chi connectivity index (χ3v) is 7.47. The predicted octanol–water partition coefficient (Wildman–Crippen LogP) is 5.74. The normalized spacial score (nSPS) is 13.0. The summed E-state index contributed by atoms with van der Waals surface area (Å²) in [5.74, 6) is 0.833. The quantitative estimate of drug-likeness (QED) is 0.326. The smallest absolute Gasteiger partial charge is 0.252 e. The average molecular weight is 487 g/mol. The molecular formula is C29H38N6O. The Kier molecular flexibility index (Phi) is 7.41. The molecule has 0 radical (unpaired) electrons. The summed E-state index contributed by atoms with van der Waals surface area (Å²) in [6.45, 7) is 16.0. The van der Waals surface area contributed by atoms with Crippen LogP contribution < -0.4 is 5.56 Å². The molecule has 0 saturated heterocycles. The van der Waals surface area contributed by atoms with E-state index in [0.29, 0.717) is 13.1 Å². The number of aromatic nitrogens is 5. The van der Waals surface area contributed by atoms with E-state index in [1.165, 1.54) is 22.3 Å². The first kappa shape index (κ1) is 25.8. The molecule has 0 amide bonds. The van der Waals surface area contributed by atoms with Crippen LogP contribution in [-0.2, 0) is 18.6 Å². The number of aromatic amines is 1. The highest BCUT2D eigenvalue weighted by atomic mass is 16.1. The molecule has 190 valence electrons. The van der Waals surface area contributed by atoms with E-state index in [1.807, 2.05) is 10.7 Å². The van der Waals surface area contributed by atoms with Crippen molar-refractivity contribution in [3.05, 3.63) is 86.5 Å². The van der Waals surface area contributed by atoms with Gasteiger partial charge in [-0.15, -0.1) is 5.10 Å². The fourth-order valence-electron chi connectivity index (χ4n) is 4.65. The molecule has 2 heterocycles. The van der Waals surface area contributed by atoms with Gasteiger partial charge >= 0.3 is 0 Å². The largest absolute Gasteiger partial charge is 0.322 e. The number of nitrogens with one attached hydrogen (secondary N) is 1. The van der Waals surface area contributed by atoms with Crippen LogP contribution in [0, 0.1) is 20.8 Å². The van der Waals surface area contributed by atoms with E-state index in [9.17, 15) is 4.79 Å². The third kappa shape index (κ3) is 5.26. The molecule has 4 rings (SSSR count). The molecule has 7 nitrogen and oxygen atoms in total. The lowest BCUT2D eigenvalue weighted by Gasteiger charge is -2.33. The van der Waals surface area contributed by atoms with E-state index in [4.69, 9.17) is 0 Å². The van der Waals surface area contributed by atoms with Crippen molar-refractivity contribution in [2.75, 3.05) is 0 Å². The Hall–Kier alpha value is -3.32. The molecule has 0 fully saturated rings. The van der Waals surface area contributed by atoms with Gasteiger partial charge in [-0.1, -0.05) is 43.7 Å². The minimum absolute atomic E-state index is 0.0528. The van der Waals surface area contributed by atoms with Gasteiger partial charge in [0.15, 0.2) is 5.82 Å². The first-order chi connectivity index (χ1) is 17.1. The lowest BCUT2D eigenvalue weighted by molar-refractivity contribution is 0.150. The second-order valence-corrected chi connectivity index (χ2v) is 10.6. The van der Waals surface area contributed by atoms with Gasteiger partial charge in [0, 0.05) is 24.2 Å². The molecule has 0 spiro atoms. The summed E-state index contributed by atoms with van der Waals surface area (Å²) in [6.07, 6.45) is 1.72. The number of nitrogens with zero attached hydrogens (tertiary/aromatic N) is 5. The summed E-state index contributed by atoms with van der Waals surface area (Å²) in [4.78, 5) is 18.6. The van der Waals surface area contributed by atoms with E-state index in [0.717, 1.165) is 35.1 Å². The van der Waals surface area contributed by atoms with Crippen molar-refractivity contribution in [2.45, 2.75) is 86.0 Å². The Balaban J connectivity index is 1.78. The number of hydrogen-bond donors (Lipinski definition) is 1. The molecule has 0 aliphatic heterocycles. The molecule has 1 unspecified atom stereocenters. The van der Waals surface area contributed by atoms with Crippen molar-refractivity contribution in [3.8, 4) is 0 Å². The monoisotopic (exact) mass is 486 g/mol. The van der Waals surface area contributed by atoms with Gasteiger partial charge in [-0.25, -0.2) is 4.68 Å². The summed E-state index contributed by atoms with van der Waals surface area (Å²) in [5, 5.41) is 14.0. The van der Waals surface area contributed by atoms with Crippen molar-refractivity contribution in [2.24, 2.45) is 0 Å².